The summed E-state index contributed by atoms with van der Waals surface area (Å²) in [4.78, 5) is 0. The van der Waals surface area contributed by atoms with E-state index in [0.717, 1.165) is 0 Å². The van der Waals surface area contributed by atoms with Gasteiger partial charge in [-0.2, -0.15) is 0 Å². The summed E-state index contributed by atoms with van der Waals surface area (Å²) in [7, 11) is 0. The predicted octanol–water partition coefficient (Wildman–Crippen LogP) is 9.46. The normalized spacial score (nSPS) is 11.4. The van der Waals surface area contributed by atoms with Crippen LogP contribution in [0.1, 0.15) is 0 Å². The Morgan fingerprint density at radius 2 is 0.438 bits per heavy atom. The van der Waals surface area contributed by atoms with E-state index in [1.807, 2.05) is 0 Å². The molecule has 0 aromatic heterocycles. The van der Waals surface area contributed by atoms with E-state index in [1.165, 1.54) is 0 Å². The van der Waals surface area contributed by atoms with E-state index in [0.29, 0.717) is 0 Å². The zero-order valence-electron chi connectivity index (χ0n) is 14.3. The Bertz CT molecular complexity index is 1140. The lowest BCUT2D eigenvalue weighted by Gasteiger charge is -2.18. The summed E-state index contributed by atoms with van der Waals surface area (Å²) in [6.45, 7) is 0. The molecule has 0 unspecified atom stereocenters. The molecule has 3 aromatic carbocycles. The van der Waals surface area contributed by atoms with Crippen LogP contribution in [0.5, 0.6) is 0 Å². The first kappa shape index (κ1) is 25.5. The lowest BCUT2D eigenvalue weighted by Crippen LogP contribution is -2.07. The van der Waals surface area contributed by atoms with E-state index in [2.05, 4.69) is 63.7 Å². The van der Waals surface area contributed by atoms with Crippen LogP contribution in [0.25, 0.3) is 22.3 Å². The van der Waals surface area contributed by atoms with Gasteiger partial charge in [0.1, 0.15) is 11.6 Å². The molecule has 3 aromatic rings. The summed E-state index contributed by atoms with van der Waals surface area (Å²) in [5, 5.41) is 0. The van der Waals surface area contributed by atoms with Gasteiger partial charge in [0, 0.05) is 22.3 Å². The van der Waals surface area contributed by atoms with Crippen LogP contribution >= 0.6 is 63.7 Å². The Morgan fingerprint density at radius 3 is 0.719 bits per heavy atom. The Balaban J connectivity index is 2.50. The maximum Gasteiger partial charge on any atom is 0.198 e. The lowest BCUT2D eigenvalue weighted by molar-refractivity contribution is 0.407. The number of rotatable bonds is 2. The van der Waals surface area contributed by atoms with E-state index in [-0.39, 0.29) is 0 Å². The second kappa shape index (κ2) is 8.91. The summed E-state index contributed by atoms with van der Waals surface area (Å²) in [5.74, 6) is -20.7. The standard InChI is InChI=1S/C18Br4F10/c19-5-1(3-7(21)13(27)17(31)15(29)11(3)25)9(23)6(20)2(10(5)24)4-8(22)14(28)18(32)16(30)12(4)26. The Hall–Kier alpha value is -1.12. The van der Waals surface area contributed by atoms with Gasteiger partial charge >= 0.3 is 0 Å². The van der Waals surface area contributed by atoms with Crippen LogP contribution in [0.4, 0.5) is 43.9 Å². The van der Waals surface area contributed by atoms with Crippen molar-refractivity contribution in [2.75, 3.05) is 0 Å². The molecule has 0 aliphatic heterocycles. The molecular formula is C18Br4F10. The van der Waals surface area contributed by atoms with Crippen LogP contribution in [-0.2, 0) is 0 Å². The third-order valence-electron chi connectivity index (χ3n) is 4.18. The molecule has 0 atom stereocenters. The second-order valence-electron chi connectivity index (χ2n) is 5.90. The summed E-state index contributed by atoms with van der Waals surface area (Å²) in [6.07, 6.45) is 0. The molecule has 0 radical (unpaired) electrons. The minimum Gasteiger partial charge on any atom is -0.205 e. The summed E-state index contributed by atoms with van der Waals surface area (Å²) in [5.41, 5.74) is -4.99. The Kier molecular flexibility index (Phi) is 7.10. The molecule has 0 saturated carbocycles. The maximum atomic E-state index is 15.2. The molecule has 0 fully saturated rings. The van der Waals surface area contributed by atoms with Crippen molar-refractivity contribution in [1.29, 1.82) is 0 Å². The van der Waals surface area contributed by atoms with E-state index in [4.69, 9.17) is 0 Å². The van der Waals surface area contributed by atoms with Crippen molar-refractivity contribution in [3.63, 3.8) is 0 Å². The fourth-order valence-corrected chi connectivity index (χ4v) is 4.95. The third kappa shape index (κ3) is 3.61. The Morgan fingerprint density at radius 1 is 0.250 bits per heavy atom. The van der Waals surface area contributed by atoms with Crippen molar-refractivity contribution in [3.05, 3.63) is 76.1 Å². The van der Waals surface area contributed by atoms with Gasteiger partial charge in [-0.3, -0.25) is 0 Å². The first-order valence-electron chi connectivity index (χ1n) is 7.65. The highest BCUT2D eigenvalue weighted by Gasteiger charge is 2.34. The molecule has 32 heavy (non-hydrogen) atoms. The SMILES string of the molecule is Fc1c(F)c(F)c(-c2c(F)c(Br)c(-c3c(F)c(F)c(F)c(F)c3Br)c(F)c2Br)c(Br)c1F. The van der Waals surface area contributed by atoms with Crippen LogP contribution in [-0.4, -0.2) is 0 Å². The van der Waals surface area contributed by atoms with Gasteiger partial charge in [0.2, 0.25) is 0 Å². The van der Waals surface area contributed by atoms with Crippen LogP contribution in [0.2, 0.25) is 0 Å². The topological polar surface area (TPSA) is 0 Å². The first-order valence-corrected chi connectivity index (χ1v) is 10.8. The average molecular weight is 726 g/mol. The molecule has 0 nitrogen and oxygen atoms in total. The fraction of sp³-hybridized carbons (Fsp3) is 0. The second-order valence-corrected chi connectivity index (χ2v) is 9.07. The van der Waals surface area contributed by atoms with Crippen molar-refractivity contribution in [3.8, 4) is 22.3 Å². The van der Waals surface area contributed by atoms with Gasteiger partial charge in [0.15, 0.2) is 46.5 Å². The van der Waals surface area contributed by atoms with E-state index < -0.39 is 98.3 Å². The monoisotopic (exact) mass is 722 g/mol. The van der Waals surface area contributed by atoms with Crippen LogP contribution in [0.3, 0.4) is 0 Å². The largest absolute Gasteiger partial charge is 0.205 e. The summed E-state index contributed by atoms with van der Waals surface area (Å²) in [6, 6.07) is 0. The quantitative estimate of drug-likeness (QED) is 0.140. The number of hydrogen-bond donors (Lipinski definition) is 0. The van der Waals surface area contributed by atoms with Crippen molar-refractivity contribution >= 4 is 63.7 Å². The van der Waals surface area contributed by atoms with Crippen LogP contribution < -0.4 is 0 Å². The maximum absolute atomic E-state index is 15.2. The highest BCUT2D eigenvalue weighted by molar-refractivity contribution is 9.11. The van der Waals surface area contributed by atoms with Crippen LogP contribution in [0, 0.1) is 58.2 Å². The zero-order valence-corrected chi connectivity index (χ0v) is 20.6. The number of hydrogen-bond acceptors (Lipinski definition) is 0. The molecule has 0 bridgehead atoms. The van der Waals surface area contributed by atoms with E-state index >= 15 is 8.78 Å². The molecule has 14 heteroatoms. The molecule has 170 valence electrons. The molecule has 0 spiro atoms. The van der Waals surface area contributed by atoms with Gasteiger partial charge in [-0.15, -0.1) is 0 Å². The van der Waals surface area contributed by atoms with Crippen LogP contribution in [0.15, 0.2) is 17.9 Å². The smallest absolute Gasteiger partial charge is 0.198 e. The highest BCUT2D eigenvalue weighted by Crippen LogP contribution is 2.49. The van der Waals surface area contributed by atoms with Crippen molar-refractivity contribution in [2.45, 2.75) is 0 Å². The van der Waals surface area contributed by atoms with Gasteiger partial charge in [-0.05, 0) is 63.7 Å². The van der Waals surface area contributed by atoms with Gasteiger partial charge in [-0.1, -0.05) is 0 Å². The number of benzene rings is 3. The molecule has 0 aliphatic rings. The minimum atomic E-state index is -2.34. The minimum absolute atomic E-state index is 1.09. The average Bonchev–Trinajstić information content (AvgIpc) is 2.76. The molecular weight excluding hydrogens is 726 g/mol. The van der Waals surface area contributed by atoms with Crippen molar-refractivity contribution < 1.29 is 43.9 Å². The van der Waals surface area contributed by atoms with Gasteiger partial charge in [-0.25, -0.2) is 43.9 Å². The molecule has 0 saturated heterocycles. The lowest BCUT2D eigenvalue weighted by atomic mass is 9.97. The summed E-state index contributed by atoms with van der Waals surface area (Å²) < 4.78 is 137. The van der Waals surface area contributed by atoms with Crippen molar-refractivity contribution in [2.24, 2.45) is 0 Å². The molecule has 0 N–H and O–H groups in total. The predicted molar refractivity (Wildman–Crippen MR) is 108 cm³/mol. The Labute approximate surface area is 205 Å². The molecule has 0 amide bonds. The van der Waals surface area contributed by atoms with E-state index in [1.54, 1.807) is 0 Å². The highest BCUT2D eigenvalue weighted by atomic mass is 79.9. The molecule has 3 rings (SSSR count). The number of halogens is 14. The zero-order chi connectivity index (χ0) is 24.4. The fourth-order valence-electron chi connectivity index (χ4n) is 2.72. The molecule has 0 aliphatic carbocycles. The summed E-state index contributed by atoms with van der Waals surface area (Å²) >= 11 is 9.91. The van der Waals surface area contributed by atoms with Gasteiger partial charge < -0.3 is 0 Å². The first-order chi connectivity index (χ1) is 14.7. The van der Waals surface area contributed by atoms with Crippen molar-refractivity contribution in [1.82, 2.24) is 0 Å². The van der Waals surface area contributed by atoms with Gasteiger partial charge in [0.25, 0.3) is 0 Å². The van der Waals surface area contributed by atoms with Gasteiger partial charge in [0.05, 0.1) is 17.9 Å². The molecule has 0 heterocycles. The van der Waals surface area contributed by atoms with E-state index in [9.17, 15) is 35.1 Å². The third-order valence-corrected chi connectivity index (χ3v) is 7.16.